The van der Waals surface area contributed by atoms with Crippen molar-refractivity contribution in [2.24, 2.45) is 11.7 Å². The van der Waals surface area contributed by atoms with E-state index in [4.69, 9.17) is 5.73 Å². The molecule has 0 rings (SSSR count). The van der Waals surface area contributed by atoms with Gasteiger partial charge in [0.25, 0.3) is 0 Å². The molecule has 3 N–H and O–H groups in total. The maximum atomic E-state index is 11.7. The van der Waals surface area contributed by atoms with E-state index in [-0.39, 0.29) is 17.7 Å². The molecule has 0 radical (unpaired) electrons. The van der Waals surface area contributed by atoms with Gasteiger partial charge in [0.1, 0.15) is 0 Å². The van der Waals surface area contributed by atoms with Gasteiger partial charge in [-0.15, -0.1) is 0 Å². The number of likely N-dealkylation sites (N-methyl/N-ethyl adjacent to an activating group) is 1. The second-order valence-electron chi connectivity index (χ2n) is 3.95. The summed E-state index contributed by atoms with van der Waals surface area (Å²) in [7, 11) is 3.23. The molecule has 15 heavy (non-hydrogen) atoms. The lowest BCUT2D eigenvalue weighted by Gasteiger charge is -2.23. The Morgan fingerprint density at radius 2 is 1.93 bits per heavy atom. The van der Waals surface area contributed by atoms with E-state index in [1.165, 1.54) is 4.90 Å². The van der Waals surface area contributed by atoms with Crippen LogP contribution in [0.1, 0.15) is 20.3 Å². The summed E-state index contributed by atoms with van der Waals surface area (Å²) in [6, 6.07) is -0.486. The van der Waals surface area contributed by atoms with E-state index < -0.39 is 6.04 Å². The Hall–Kier alpha value is -1.10. The van der Waals surface area contributed by atoms with Crippen molar-refractivity contribution in [2.45, 2.75) is 26.3 Å². The van der Waals surface area contributed by atoms with Crippen molar-refractivity contribution in [1.29, 1.82) is 0 Å². The third kappa shape index (κ3) is 4.78. The van der Waals surface area contributed by atoms with Crippen molar-refractivity contribution in [3.8, 4) is 0 Å². The molecule has 0 aliphatic rings. The smallest absolute Gasteiger partial charge is 0.239 e. The van der Waals surface area contributed by atoms with Crippen molar-refractivity contribution in [3.63, 3.8) is 0 Å². The van der Waals surface area contributed by atoms with E-state index >= 15 is 0 Å². The molecule has 1 atom stereocenters. The van der Waals surface area contributed by atoms with E-state index in [0.29, 0.717) is 13.0 Å². The molecule has 0 fully saturated rings. The molecule has 0 spiro atoms. The van der Waals surface area contributed by atoms with Crippen molar-refractivity contribution >= 4 is 11.8 Å². The van der Waals surface area contributed by atoms with Gasteiger partial charge in [0, 0.05) is 27.1 Å². The number of carbonyl (C=O) groups is 2. The van der Waals surface area contributed by atoms with E-state index in [1.807, 2.05) is 13.8 Å². The predicted molar refractivity (Wildman–Crippen MR) is 59.1 cm³/mol. The Morgan fingerprint density at radius 3 is 2.33 bits per heavy atom. The fourth-order valence-corrected chi connectivity index (χ4v) is 1.04. The van der Waals surface area contributed by atoms with Crippen LogP contribution in [0.2, 0.25) is 0 Å². The van der Waals surface area contributed by atoms with Crippen LogP contribution in [0.3, 0.4) is 0 Å². The minimum Gasteiger partial charge on any atom is -0.359 e. The zero-order valence-electron chi connectivity index (χ0n) is 9.91. The lowest BCUT2D eigenvalue weighted by atomic mass is 10.0. The van der Waals surface area contributed by atoms with Crippen LogP contribution in [-0.2, 0) is 9.59 Å². The first-order valence-corrected chi connectivity index (χ1v) is 5.11. The zero-order chi connectivity index (χ0) is 12.0. The number of nitrogens with zero attached hydrogens (tertiary/aromatic N) is 1. The second kappa shape index (κ2) is 6.40. The molecule has 0 aromatic rings. The Labute approximate surface area is 91.0 Å². The largest absolute Gasteiger partial charge is 0.359 e. The van der Waals surface area contributed by atoms with Gasteiger partial charge in [-0.1, -0.05) is 13.8 Å². The normalized spacial score (nSPS) is 12.4. The Kier molecular flexibility index (Phi) is 5.93. The van der Waals surface area contributed by atoms with E-state index in [1.54, 1.807) is 14.1 Å². The quantitative estimate of drug-likeness (QED) is 0.653. The van der Waals surface area contributed by atoms with Gasteiger partial charge in [-0.2, -0.15) is 0 Å². The molecule has 0 aliphatic carbocycles. The summed E-state index contributed by atoms with van der Waals surface area (Å²) in [5.74, 6) is -0.0818. The summed E-state index contributed by atoms with van der Waals surface area (Å²) in [4.78, 5) is 24.1. The first-order valence-electron chi connectivity index (χ1n) is 5.11. The minimum absolute atomic E-state index is 0.0761. The highest BCUT2D eigenvalue weighted by atomic mass is 16.2. The highest BCUT2D eigenvalue weighted by molar-refractivity contribution is 5.82. The number of amides is 2. The number of carbonyl (C=O) groups excluding carboxylic acids is 2. The summed E-state index contributed by atoms with van der Waals surface area (Å²) in [5.41, 5.74) is 5.71. The van der Waals surface area contributed by atoms with Gasteiger partial charge in [0.15, 0.2) is 0 Å². The molecule has 0 aromatic heterocycles. The summed E-state index contributed by atoms with van der Waals surface area (Å²) in [6.07, 6.45) is 0.309. The highest BCUT2D eigenvalue weighted by Crippen LogP contribution is 2.02. The Bertz CT molecular complexity index is 229. The zero-order valence-corrected chi connectivity index (χ0v) is 9.91. The number of nitrogens with one attached hydrogen (secondary N) is 1. The van der Waals surface area contributed by atoms with Crippen molar-refractivity contribution in [2.75, 3.05) is 20.6 Å². The number of nitrogens with two attached hydrogens (primary N) is 1. The van der Waals surface area contributed by atoms with Crippen LogP contribution in [0.25, 0.3) is 0 Å². The van der Waals surface area contributed by atoms with Crippen molar-refractivity contribution in [3.05, 3.63) is 0 Å². The van der Waals surface area contributed by atoms with Gasteiger partial charge in [0.05, 0.1) is 6.04 Å². The molecule has 1 unspecified atom stereocenters. The monoisotopic (exact) mass is 215 g/mol. The fourth-order valence-electron chi connectivity index (χ4n) is 1.04. The van der Waals surface area contributed by atoms with Gasteiger partial charge < -0.3 is 16.0 Å². The van der Waals surface area contributed by atoms with Crippen LogP contribution in [-0.4, -0.2) is 43.4 Å². The number of hydrogen-bond donors (Lipinski definition) is 2. The lowest BCUT2D eigenvalue weighted by molar-refractivity contribution is -0.132. The van der Waals surface area contributed by atoms with Crippen molar-refractivity contribution < 1.29 is 9.59 Å². The maximum Gasteiger partial charge on any atom is 0.239 e. The summed E-state index contributed by atoms with van der Waals surface area (Å²) in [6.45, 7) is 4.20. The van der Waals surface area contributed by atoms with Gasteiger partial charge >= 0.3 is 0 Å². The first-order chi connectivity index (χ1) is 6.90. The molecular formula is C10H21N3O2. The molecule has 5 heteroatoms. The molecule has 88 valence electrons. The van der Waals surface area contributed by atoms with Crippen LogP contribution in [0.5, 0.6) is 0 Å². The topological polar surface area (TPSA) is 75.4 Å². The first kappa shape index (κ1) is 13.9. The van der Waals surface area contributed by atoms with Crippen LogP contribution >= 0.6 is 0 Å². The van der Waals surface area contributed by atoms with E-state index in [2.05, 4.69) is 5.32 Å². The average molecular weight is 215 g/mol. The van der Waals surface area contributed by atoms with Gasteiger partial charge in [-0.05, 0) is 5.92 Å². The molecule has 0 saturated carbocycles. The third-order valence-electron chi connectivity index (χ3n) is 2.33. The standard InChI is InChI=1S/C10H21N3O2/c1-7(2)9(11)10(15)13(4)6-5-8(14)12-3/h7,9H,5-6,11H2,1-4H3,(H,12,14). The van der Waals surface area contributed by atoms with Crippen LogP contribution < -0.4 is 11.1 Å². The van der Waals surface area contributed by atoms with Crippen molar-refractivity contribution in [1.82, 2.24) is 10.2 Å². The van der Waals surface area contributed by atoms with Gasteiger partial charge in [-0.3, -0.25) is 9.59 Å². The van der Waals surface area contributed by atoms with Gasteiger partial charge in [-0.25, -0.2) is 0 Å². The predicted octanol–water partition coefficient (Wildman–Crippen LogP) is -0.436. The molecule has 0 saturated heterocycles. The fraction of sp³-hybridized carbons (Fsp3) is 0.800. The van der Waals surface area contributed by atoms with Crippen LogP contribution in [0.4, 0.5) is 0 Å². The minimum atomic E-state index is -0.486. The highest BCUT2D eigenvalue weighted by Gasteiger charge is 2.20. The lowest BCUT2D eigenvalue weighted by Crippen LogP contribution is -2.45. The summed E-state index contributed by atoms with van der Waals surface area (Å²) >= 11 is 0. The summed E-state index contributed by atoms with van der Waals surface area (Å²) in [5, 5.41) is 2.50. The van der Waals surface area contributed by atoms with Crippen LogP contribution in [0, 0.1) is 5.92 Å². The second-order valence-corrected chi connectivity index (χ2v) is 3.95. The molecular weight excluding hydrogens is 194 g/mol. The van der Waals surface area contributed by atoms with E-state index in [9.17, 15) is 9.59 Å². The molecule has 0 aromatic carbocycles. The number of hydrogen-bond acceptors (Lipinski definition) is 3. The molecule has 0 aliphatic heterocycles. The van der Waals surface area contributed by atoms with E-state index in [0.717, 1.165) is 0 Å². The molecule has 0 heterocycles. The molecule has 0 bridgehead atoms. The SMILES string of the molecule is CNC(=O)CCN(C)C(=O)C(N)C(C)C. The van der Waals surface area contributed by atoms with Crippen LogP contribution in [0.15, 0.2) is 0 Å². The molecule has 2 amide bonds. The number of rotatable bonds is 5. The maximum absolute atomic E-state index is 11.7. The molecule has 5 nitrogen and oxygen atoms in total. The third-order valence-corrected chi connectivity index (χ3v) is 2.33. The van der Waals surface area contributed by atoms with Gasteiger partial charge in [0.2, 0.25) is 11.8 Å². The Balaban J connectivity index is 4.04. The Morgan fingerprint density at radius 1 is 1.40 bits per heavy atom. The average Bonchev–Trinajstić information content (AvgIpc) is 2.22. The summed E-state index contributed by atoms with van der Waals surface area (Å²) < 4.78 is 0.